The van der Waals surface area contributed by atoms with Gasteiger partial charge in [-0.25, -0.2) is 4.79 Å². The van der Waals surface area contributed by atoms with Gasteiger partial charge in [-0.2, -0.15) is 5.10 Å². The summed E-state index contributed by atoms with van der Waals surface area (Å²) in [5.74, 6) is -0.810. The van der Waals surface area contributed by atoms with Crippen molar-refractivity contribution in [2.24, 2.45) is 0 Å². The van der Waals surface area contributed by atoms with Crippen molar-refractivity contribution in [1.29, 1.82) is 0 Å². The van der Waals surface area contributed by atoms with Gasteiger partial charge in [-0.1, -0.05) is 12.1 Å². The van der Waals surface area contributed by atoms with E-state index in [4.69, 9.17) is 9.84 Å². The molecular weight excluding hydrogens is 250 g/mol. The number of aromatic amines is 1. The van der Waals surface area contributed by atoms with Crippen LogP contribution in [0.5, 0.6) is 5.75 Å². The number of aromatic carboxylic acids is 1. The Morgan fingerprint density at radius 2 is 2.26 bits per heavy atom. The van der Waals surface area contributed by atoms with Crippen molar-refractivity contribution in [3.63, 3.8) is 0 Å². The largest absolute Gasteiger partial charge is 0.482 e. The zero-order valence-corrected chi connectivity index (χ0v) is 9.64. The van der Waals surface area contributed by atoms with Gasteiger partial charge in [0.05, 0.1) is 11.4 Å². The van der Waals surface area contributed by atoms with Gasteiger partial charge < -0.3 is 15.2 Å². The Morgan fingerprint density at radius 3 is 3.00 bits per heavy atom. The molecule has 0 fully saturated rings. The minimum absolute atomic E-state index is 0.0179. The Bertz CT molecular complexity index is 677. The van der Waals surface area contributed by atoms with Crippen molar-refractivity contribution in [1.82, 2.24) is 10.2 Å². The molecule has 1 aliphatic rings. The van der Waals surface area contributed by atoms with Crippen molar-refractivity contribution in [3.05, 3.63) is 30.0 Å². The van der Waals surface area contributed by atoms with E-state index in [1.807, 2.05) is 0 Å². The molecule has 0 bridgehead atoms. The minimum atomic E-state index is -1.09. The zero-order chi connectivity index (χ0) is 13.4. The predicted octanol–water partition coefficient (Wildman–Crippen LogP) is 1.11. The van der Waals surface area contributed by atoms with E-state index in [1.165, 1.54) is 6.07 Å². The van der Waals surface area contributed by atoms with Gasteiger partial charge in [0.15, 0.2) is 6.61 Å². The van der Waals surface area contributed by atoms with Gasteiger partial charge in [0, 0.05) is 5.56 Å². The smallest absolute Gasteiger partial charge is 0.353 e. The fourth-order valence-electron chi connectivity index (χ4n) is 1.88. The number of carbonyl (C=O) groups excluding carboxylic acids is 1. The Hall–Kier alpha value is -2.83. The normalized spacial score (nSPS) is 13.4. The number of carbonyl (C=O) groups is 2. The third kappa shape index (κ3) is 1.90. The molecule has 1 aromatic heterocycles. The Labute approximate surface area is 107 Å². The topological polar surface area (TPSA) is 104 Å². The molecule has 0 saturated heterocycles. The van der Waals surface area contributed by atoms with E-state index in [0.717, 1.165) is 0 Å². The Balaban J connectivity index is 2.09. The van der Waals surface area contributed by atoms with Gasteiger partial charge in [-0.15, -0.1) is 0 Å². The van der Waals surface area contributed by atoms with Crippen LogP contribution in [0.3, 0.4) is 0 Å². The lowest BCUT2D eigenvalue weighted by molar-refractivity contribution is -0.118. The third-order valence-electron chi connectivity index (χ3n) is 2.73. The number of rotatable bonds is 2. The van der Waals surface area contributed by atoms with Crippen LogP contribution in [0.1, 0.15) is 10.5 Å². The quantitative estimate of drug-likeness (QED) is 0.749. The van der Waals surface area contributed by atoms with Crippen LogP contribution in [-0.2, 0) is 4.79 Å². The van der Waals surface area contributed by atoms with Crippen LogP contribution in [0.25, 0.3) is 11.3 Å². The fraction of sp³-hybridized carbons (Fsp3) is 0.0833. The van der Waals surface area contributed by atoms with Crippen LogP contribution in [0.15, 0.2) is 24.3 Å². The number of para-hydroxylation sites is 1. The van der Waals surface area contributed by atoms with E-state index in [9.17, 15) is 9.59 Å². The number of nitrogens with one attached hydrogen (secondary N) is 2. The molecule has 19 heavy (non-hydrogen) atoms. The average Bonchev–Trinajstić information content (AvgIpc) is 2.87. The summed E-state index contributed by atoms with van der Waals surface area (Å²) in [5, 5.41) is 17.9. The Kier molecular flexibility index (Phi) is 2.45. The number of anilines is 1. The summed E-state index contributed by atoms with van der Waals surface area (Å²) in [4.78, 5) is 22.2. The molecule has 0 radical (unpaired) electrons. The van der Waals surface area contributed by atoms with Crippen LogP contribution < -0.4 is 10.1 Å². The third-order valence-corrected chi connectivity index (χ3v) is 2.73. The zero-order valence-electron chi connectivity index (χ0n) is 9.64. The van der Waals surface area contributed by atoms with Crippen LogP contribution in [0.2, 0.25) is 0 Å². The van der Waals surface area contributed by atoms with Crippen molar-refractivity contribution in [3.8, 4) is 17.0 Å². The number of fused-ring (bicyclic) bond motifs is 1. The number of hydrogen-bond acceptors (Lipinski definition) is 4. The number of ether oxygens (including phenoxy) is 1. The number of hydrogen-bond donors (Lipinski definition) is 3. The highest BCUT2D eigenvalue weighted by Gasteiger charge is 2.21. The molecule has 2 heterocycles. The summed E-state index contributed by atoms with van der Waals surface area (Å²) in [7, 11) is 0. The maximum Gasteiger partial charge on any atom is 0.353 e. The summed E-state index contributed by atoms with van der Waals surface area (Å²) in [6.45, 7) is -0.0304. The van der Waals surface area contributed by atoms with E-state index in [1.54, 1.807) is 18.2 Å². The lowest BCUT2D eigenvalue weighted by Gasteiger charge is -2.19. The molecule has 1 amide bonds. The number of amides is 1. The molecule has 96 valence electrons. The lowest BCUT2D eigenvalue weighted by atomic mass is 10.1. The minimum Gasteiger partial charge on any atom is -0.482 e. The first kappa shape index (κ1) is 11.3. The standard InChI is InChI=1S/C12H9N3O4/c16-10-5-19-9-3-1-2-6(11(9)13-10)7-4-8(12(17)18)15-14-7/h1-4H,5H2,(H,13,16)(H,14,15)(H,17,18). The SMILES string of the molecule is O=C1COc2cccc(-c3cc(C(=O)O)[nH]n3)c2N1. The molecule has 3 N–H and O–H groups in total. The second-order valence-corrected chi connectivity index (χ2v) is 3.99. The van der Waals surface area contributed by atoms with Crippen molar-refractivity contribution in [2.75, 3.05) is 11.9 Å². The van der Waals surface area contributed by atoms with Gasteiger partial charge in [0.1, 0.15) is 11.4 Å². The number of carboxylic acids is 1. The number of aromatic nitrogens is 2. The first-order valence-corrected chi connectivity index (χ1v) is 5.50. The molecule has 1 aromatic carbocycles. The van der Waals surface area contributed by atoms with Gasteiger partial charge in [-0.3, -0.25) is 9.89 Å². The highest BCUT2D eigenvalue weighted by atomic mass is 16.5. The molecule has 0 aliphatic carbocycles. The van der Waals surface area contributed by atoms with Crippen molar-refractivity contribution in [2.45, 2.75) is 0 Å². The van der Waals surface area contributed by atoms with Gasteiger partial charge in [-0.05, 0) is 12.1 Å². The monoisotopic (exact) mass is 259 g/mol. The van der Waals surface area contributed by atoms with Crippen molar-refractivity contribution >= 4 is 17.6 Å². The van der Waals surface area contributed by atoms with Crippen molar-refractivity contribution < 1.29 is 19.4 Å². The molecule has 2 aromatic rings. The van der Waals surface area contributed by atoms with E-state index in [-0.39, 0.29) is 18.2 Å². The van der Waals surface area contributed by atoms with E-state index in [0.29, 0.717) is 22.7 Å². The molecular formula is C12H9N3O4. The first-order valence-electron chi connectivity index (χ1n) is 5.50. The summed E-state index contributed by atoms with van der Waals surface area (Å²) >= 11 is 0. The second kappa shape index (κ2) is 4.13. The van der Waals surface area contributed by atoms with E-state index >= 15 is 0 Å². The maximum absolute atomic E-state index is 11.4. The summed E-state index contributed by atoms with van der Waals surface area (Å²) in [6.07, 6.45) is 0. The number of nitrogens with zero attached hydrogens (tertiary/aromatic N) is 1. The molecule has 1 aliphatic heterocycles. The molecule has 3 rings (SSSR count). The molecule has 0 atom stereocenters. The van der Waals surface area contributed by atoms with E-state index < -0.39 is 5.97 Å². The maximum atomic E-state index is 11.4. The van der Waals surface area contributed by atoms with Crippen LogP contribution in [0, 0.1) is 0 Å². The molecule has 0 spiro atoms. The summed E-state index contributed by atoms with van der Waals surface area (Å²) in [5.41, 5.74) is 1.52. The molecule has 7 nitrogen and oxygen atoms in total. The van der Waals surface area contributed by atoms with Gasteiger partial charge in [0.25, 0.3) is 5.91 Å². The lowest BCUT2D eigenvalue weighted by Crippen LogP contribution is -2.25. The second-order valence-electron chi connectivity index (χ2n) is 3.99. The summed E-state index contributed by atoms with van der Waals surface area (Å²) in [6, 6.07) is 6.61. The van der Waals surface area contributed by atoms with Crippen LogP contribution in [0.4, 0.5) is 5.69 Å². The number of carboxylic acid groups (broad SMARTS) is 1. The van der Waals surface area contributed by atoms with E-state index in [2.05, 4.69) is 15.5 Å². The van der Waals surface area contributed by atoms with Gasteiger partial charge >= 0.3 is 5.97 Å². The van der Waals surface area contributed by atoms with Gasteiger partial charge in [0.2, 0.25) is 0 Å². The Morgan fingerprint density at radius 1 is 1.42 bits per heavy atom. The van der Waals surface area contributed by atoms with Crippen LogP contribution >= 0.6 is 0 Å². The summed E-state index contributed by atoms with van der Waals surface area (Å²) < 4.78 is 5.29. The first-order chi connectivity index (χ1) is 9.15. The molecule has 0 unspecified atom stereocenters. The number of H-pyrrole nitrogens is 1. The average molecular weight is 259 g/mol. The highest BCUT2D eigenvalue weighted by molar-refractivity contribution is 6.00. The molecule has 7 heteroatoms. The highest BCUT2D eigenvalue weighted by Crippen LogP contribution is 2.36. The predicted molar refractivity (Wildman–Crippen MR) is 65.1 cm³/mol. The van der Waals surface area contributed by atoms with Crippen LogP contribution in [-0.4, -0.2) is 33.8 Å². The fourth-order valence-corrected chi connectivity index (χ4v) is 1.88. The molecule has 0 saturated carbocycles. The number of benzene rings is 1.